The van der Waals surface area contributed by atoms with Crippen molar-refractivity contribution < 1.29 is 4.79 Å². The first-order valence-electron chi connectivity index (χ1n) is 4.01. The van der Waals surface area contributed by atoms with Crippen LogP contribution in [0.5, 0.6) is 0 Å². The number of urea groups is 1. The molecule has 0 saturated heterocycles. The highest BCUT2D eigenvalue weighted by molar-refractivity contribution is 5.74. The molecule has 2 N–H and O–H groups in total. The molecule has 0 aliphatic rings. The summed E-state index contributed by atoms with van der Waals surface area (Å²) in [6.07, 6.45) is 0.970. The van der Waals surface area contributed by atoms with E-state index < -0.39 is 0 Å². The molecule has 66 valence electrons. The largest absolute Gasteiger partial charge is 0.338 e. The second-order valence-electron chi connectivity index (χ2n) is 3.63. The van der Waals surface area contributed by atoms with Gasteiger partial charge in [-0.1, -0.05) is 6.92 Å². The molecule has 0 aromatic carbocycles. The van der Waals surface area contributed by atoms with Crippen LogP contribution in [-0.4, -0.2) is 18.1 Å². The van der Waals surface area contributed by atoms with Gasteiger partial charge in [0.05, 0.1) is 0 Å². The van der Waals surface area contributed by atoms with Crippen LogP contribution in [0, 0.1) is 0 Å². The minimum atomic E-state index is -0.141. The minimum Gasteiger partial charge on any atom is -0.338 e. The van der Waals surface area contributed by atoms with Gasteiger partial charge >= 0.3 is 6.03 Å². The number of carbonyl (C=O) groups is 1. The lowest BCUT2D eigenvalue weighted by Gasteiger charge is -2.20. The third-order valence-electron chi connectivity index (χ3n) is 1.02. The van der Waals surface area contributed by atoms with E-state index in [1.54, 1.807) is 0 Å². The average Bonchev–Trinajstić information content (AvgIpc) is 1.79. The highest BCUT2D eigenvalue weighted by atomic mass is 16.2. The van der Waals surface area contributed by atoms with E-state index in [0.717, 1.165) is 13.0 Å². The summed E-state index contributed by atoms with van der Waals surface area (Å²) in [4.78, 5) is 11.0. The molecule has 3 nitrogen and oxygen atoms in total. The van der Waals surface area contributed by atoms with E-state index in [-0.39, 0.29) is 11.6 Å². The van der Waals surface area contributed by atoms with Gasteiger partial charge in [-0.25, -0.2) is 4.79 Å². The number of rotatable bonds is 2. The van der Waals surface area contributed by atoms with E-state index in [0.29, 0.717) is 0 Å². The van der Waals surface area contributed by atoms with Crippen molar-refractivity contribution in [2.75, 3.05) is 6.54 Å². The van der Waals surface area contributed by atoms with Gasteiger partial charge < -0.3 is 10.6 Å². The normalized spacial score (nSPS) is 10.9. The van der Waals surface area contributed by atoms with Gasteiger partial charge in [0.1, 0.15) is 0 Å². The van der Waals surface area contributed by atoms with Crippen LogP contribution in [-0.2, 0) is 0 Å². The SMILES string of the molecule is CCCNC(=O)NC(C)(C)C. The quantitative estimate of drug-likeness (QED) is 0.628. The molecular weight excluding hydrogens is 140 g/mol. The fourth-order valence-corrected chi connectivity index (χ4v) is 0.623. The Morgan fingerprint density at radius 3 is 2.27 bits per heavy atom. The maximum Gasteiger partial charge on any atom is 0.315 e. The van der Waals surface area contributed by atoms with Gasteiger partial charge in [0.25, 0.3) is 0 Å². The zero-order valence-corrected chi connectivity index (χ0v) is 7.82. The lowest BCUT2D eigenvalue weighted by Crippen LogP contribution is -2.46. The maximum absolute atomic E-state index is 11.0. The van der Waals surface area contributed by atoms with Crippen molar-refractivity contribution in [3.8, 4) is 0 Å². The van der Waals surface area contributed by atoms with Crippen molar-refractivity contribution in [1.82, 2.24) is 10.6 Å². The van der Waals surface area contributed by atoms with Crippen LogP contribution < -0.4 is 10.6 Å². The number of hydrogen-bond donors (Lipinski definition) is 2. The van der Waals surface area contributed by atoms with Crippen molar-refractivity contribution in [3.63, 3.8) is 0 Å². The molecule has 0 aliphatic heterocycles. The molecule has 0 heterocycles. The smallest absolute Gasteiger partial charge is 0.315 e. The van der Waals surface area contributed by atoms with Crippen LogP contribution >= 0.6 is 0 Å². The number of nitrogens with one attached hydrogen (secondary N) is 2. The molecule has 2 amide bonds. The predicted molar refractivity (Wildman–Crippen MR) is 46.6 cm³/mol. The molecular formula is C8H18N2O. The molecule has 0 aromatic rings. The Labute approximate surface area is 68.6 Å². The fraction of sp³-hybridized carbons (Fsp3) is 0.875. The zero-order chi connectivity index (χ0) is 8.91. The first-order valence-corrected chi connectivity index (χ1v) is 4.01. The molecule has 0 fully saturated rings. The molecule has 0 aromatic heterocycles. The number of carbonyl (C=O) groups excluding carboxylic acids is 1. The summed E-state index contributed by atoms with van der Waals surface area (Å²) in [6.45, 7) is 8.63. The molecule has 0 atom stereocenters. The fourth-order valence-electron chi connectivity index (χ4n) is 0.623. The standard InChI is InChI=1S/C8H18N2O/c1-5-6-9-7(11)10-8(2,3)4/h5-6H2,1-4H3,(H2,9,10,11). The van der Waals surface area contributed by atoms with E-state index in [9.17, 15) is 4.79 Å². The van der Waals surface area contributed by atoms with Gasteiger partial charge in [-0.2, -0.15) is 0 Å². The van der Waals surface area contributed by atoms with Crippen molar-refractivity contribution in [2.45, 2.75) is 39.7 Å². The van der Waals surface area contributed by atoms with E-state index in [2.05, 4.69) is 10.6 Å². The maximum atomic E-state index is 11.0. The third-order valence-corrected chi connectivity index (χ3v) is 1.02. The first kappa shape index (κ1) is 10.3. The van der Waals surface area contributed by atoms with Gasteiger partial charge in [0.15, 0.2) is 0 Å². The van der Waals surface area contributed by atoms with Gasteiger partial charge in [0.2, 0.25) is 0 Å². The van der Waals surface area contributed by atoms with E-state index in [4.69, 9.17) is 0 Å². The Morgan fingerprint density at radius 2 is 1.91 bits per heavy atom. The first-order chi connectivity index (χ1) is 4.95. The Hall–Kier alpha value is -0.730. The summed E-state index contributed by atoms with van der Waals surface area (Å²) in [6, 6.07) is -0.0839. The Balaban J connectivity index is 3.53. The van der Waals surface area contributed by atoms with Crippen LogP contribution in [0.4, 0.5) is 4.79 Å². The lowest BCUT2D eigenvalue weighted by molar-refractivity contribution is 0.232. The summed E-state index contributed by atoms with van der Waals surface area (Å²) in [5.74, 6) is 0. The molecule has 11 heavy (non-hydrogen) atoms. The van der Waals surface area contributed by atoms with Gasteiger partial charge in [0, 0.05) is 12.1 Å². The molecule has 0 rings (SSSR count). The van der Waals surface area contributed by atoms with E-state index in [1.807, 2.05) is 27.7 Å². The molecule has 0 spiro atoms. The third kappa shape index (κ3) is 7.16. The molecule has 0 unspecified atom stereocenters. The Kier molecular flexibility index (Phi) is 3.93. The lowest BCUT2D eigenvalue weighted by atomic mass is 10.1. The number of hydrogen-bond acceptors (Lipinski definition) is 1. The molecule has 0 aliphatic carbocycles. The molecule has 0 saturated carbocycles. The Bertz CT molecular complexity index is 127. The van der Waals surface area contributed by atoms with Crippen molar-refractivity contribution in [2.24, 2.45) is 0 Å². The highest BCUT2D eigenvalue weighted by Crippen LogP contribution is 1.96. The summed E-state index contributed by atoms with van der Waals surface area (Å²) < 4.78 is 0. The highest BCUT2D eigenvalue weighted by Gasteiger charge is 2.11. The summed E-state index contributed by atoms with van der Waals surface area (Å²) in [7, 11) is 0. The summed E-state index contributed by atoms with van der Waals surface area (Å²) in [5.41, 5.74) is -0.141. The van der Waals surface area contributed by atoms with E-state index >= 15 is 0 Å². The van der Waals surface area contributed by atoms with Gasteiger partial charge in [-0.15, -0.1) is 0 Å². The van der Waals surface area contributed by atoms with Crippen LogP contribution in [0.15, 0.2) is 0 Å². The zero-order valence-electron chi connectivity index (χ0n) is 7.82. The van der Waals surface area contributed by atoms with Gasteiger partial charge in [-0.05, 0) is 27.2 Å². The molecule has 0 bridgehead atoms. The van der Waals surface area contributed by atoms with Crippen molar-refractivity contribution >= 4 is 6.03 Å². The Morgan fingerprint density at radius 1 is 1.36 bits per heavy atom. The number of amides is 2. The average molecular weight is 158 g/mol. The summed E-state index contributed by atoms with van der Waals surface area (Å²) in [5, 5.41) is 5.54. The topological polar surface area (TPSA) is 41.1 Å². The minimum absolute atomic E-state index is 0.0839. The van der Waals surface area contributed by atoms with Crippen LogP contribution in [0.25, 0.3) is 0 Å². The van der Waals surface area contributed by atoms with Crippen molar-refractivity contribution in [1.29, 1.82) is 0 Å². The van der Waals surface area contributed by atoms with Crippen LogP contribution in [0.2, 0.25) is 0 Å². The van der Waals surface area contributed by atoms with Crippen LogP contribution in [0.1, 0.15) is 34.1 Å². The molecule has 3 heteroatoms. The van der Waals surface area contributed by atoms with Gasteiger partial charge in [-0.3, -0.25) is 0 Å². The monoisotopic (exact) mass is 158 g/mol. The van der Waals surface area contributed by atoms with E-state index in [1.165, 1.54) is 0 Å². The molecule has 0 radical (unpaired) electrons. The second-order valence-corrected chi connectivity index (χ2v) is 3.63. The van der Waals surface area contributed by atoms with Crippen molar-refractivity contribution in [3.05, 3.63) is 0 Å². The van der Waals surface area contributed by atoms with Crippen LogP contribution in [0.3, 0.4) is 0 Å². The second kappa shape index (κ2) is 4.21. The predicted octanol–water partition coefficient (Wildman–Crippen LogP) is 1.49. The summed E-state index contributed by atoms with van der Waals surface area (Å²) >= 11 is 0.